The molecule has 0 bridgehead atoms. The van der Waals surface area contributed by atoms with E-state index in [1.165, 1.54) is 148 Å². The van der Waals surface area contributed by atoms with E-state index in [0.29, 0.717) is 19.4 Å². The Hall–Kier alpha value is -1.66. The molecular weight excluding hydrogens is 695 g/mol. The first kappa shape index (κ1) is 54.3. The van der Waals surface area contributed by atoms with Gasteiger partial charge in [0, 0.05) is 12.8 Å². The molecule has 0 saturated heterocycles. The molecule has 56 heavy (non-hydrogen) atoms. The minimum Gasteiger partial charge on any atom is -0.466 e. The van der Waals surface area contributed by atoms with Crippen LogP contribution in [0.15, 0.2) is 24.3 Å². The minimum absolute atomic E-state index is 0.0302. The second-order valence-corrected chi connectivity index (χ2v) is 16.8. The number of carbonyl (C=O) groups is 2. The van der Waals surface area contributed by atoms with Crippen molar-refractivity contribution in [3.8, 4) is 0 Å². The molecule has 0 spiro atoms. The lowest BCUT2D eigenvalue weighted by atomic mass is 10.0. The topological polar surface area (TPSA) is 95.9 Å². The largest absolute Gasteiger partial charge is 0.466 e. The SMILES string of the molecule is CCCCCCCCCCCC/C=C/C(O)C(CO)NC(=O)CCCCCCC/C=C\CCCCOC(=O)CCCCCCCCCCCCCCCCCC. The molecule has 0 aliphatic rings. The Balaban J connectivity index is 3.53. The Morgan fingerprint density at radius 2 is 0.839 bits per heavy atom. The molecule has 3 N–H and O–H groups in total. The standard InChI is InChI=1S/C50H95NO5/c1-3-5-7-9-11-13-15-17-18-19-20-24-28-32-36-40-44-50(55)56-45-41-37-33-29-25-21-23-27-31-35-39-43-49(54)51-47(46-52)48(53)42-38-34-30-26-22-16-14-12-10-8-6-4-2/h25,29,38,42,47-48,52-53H,3-24,26-28,30-37,39-41,43-46H2,1-2H3,(H,51,54)/b29-25-,42-38+. The number of hydrogen-bond donors (Lipinski definition) is 3. The zero-order valence-electron chi connectivity index (χ0n) is 37.4. The lowest BCUT2D eigenvalue weighted by Gasteiger charge is -2.20. The number of nitrogens with one attached hydrogen (secondary N) is 1. The van der Waals surface area contributed by atoms with Gasteiger partial charge >= 0.3 is 5.97 Å². The molecule has 6 heteroatoms. The summed E-state index contributed by atoms with van der Waals surface area (Å²) < 4.78 is 5.44. The van der Waals surface area contributed by atoms with Crippen molar-refractivity contribution in [3.05, 3.63) is 24.3 Å². The predicted molar refractivity (Wildman–Crippen MR) is 241 cm³/mol. The number of carbonyl (C=O) groups excluding carboxylic acids is 2. The lowest BCUT2D eigenvalue weighted by Crippen LogP contribution is -2.45. The third-order valence-corrected chi connectivity index (χ3v) is 11.2. The molecule has 1 amide bonds. The van der Waals surface area contributed by atoms with E-state index in [1.54, 1.807) is 6.08 Å². The molecule has 6 nitrogen and oxygen atoms in total. The quantitative estimate of drug-likeness (QED) is 0.0324. The first-order valence-electron chi connectivity index (χ1n) is 24.6. The van der Waals surface area contributed by atoms with E-state index in [9.17, 15) is 19.8 Å². The Morgan fingerprint density at radius 3 is 1.27 bits per heavy atom. The van der Waals surface area contributed by atoms with Crippen molar-refractivity contribution in [2.24, 2.45) is 0 Å². The summed E-state index contributed by atoms with van der Waals surface area (Å²) in [5.74, 6) is -0.128. The molecule has 0 aromatic rings. The van der Waals surface area contributed by atoms with Crippen LogP contribution in [0, 0.1) is 0 Å². The second kappa shape index (κ2) is 46.0. The van der Waals surface area contributed by atoms with Gasteiger partial charge in [-0.25, -0.2) is 0 Å². The maximum atomic E-state index is 12.4. The van der Waals surface area contributed by atoms with E-state index >= 15 is 0 Å². The summed E-state index contributed by atoms with van der Waals surface area (Å²) in [5.41, 5.74) is 0. The normalized spacial score (nSPS) is 12.9. The summed E-state index contributed by atoms with van der Waals surface area (Å²) in [7, 11) is 0. The van der Waals surface area contributed by atoms with E-state index in [2.05, 4.69) is 31.3 Å². The average Bonchev–Trinajstić information content (AvgIpc) is 3.20. The van der Waals surface area contributed by atoms with Gasteiger partial charge in [-0.15, -0.1) is 0 Å². The molecule has 0 radical (unpaired) electrons. The molecule has 0 aliphatic carbocycles. The molecule has 2 unspecified atom stereocenters. The van der Waals surface area contributed by atoms with Gasteiger partial charge in [-0.1, -0.05) is 212 Å². The number of ether oxygens (including phenoxy) is 1. The number of allylic oxidation sites excluding steroid dienone is 3. The second-order valence-electron chi connectivity index (χ2n) is 16.8. The predicted octanol–water partition coefficient (Wildman–Crippen LogP) is 14.3. The summed E-state index contributed by atoms with van der Waals surface area (Å²) in [5, 5.41) is 22.9. The van der Waals surface area contributed by atoms with Crippen LogP contribution < -0.4 is 5.32 Å². The fourth-order valence-corrected chi connectivity index (χ4v) is 7.39. The number of rotatable bonds is 45. The highest BCUT2D eigenvalue weighted by Gasteiger charge is 2.18. The summed E-state index contributed by atoms with van der Waals surface area (Å²) in [6, 6.07) is -0.647. The van der Waals surface area contributed by atoms with Crippen LogP contribution in [0.5, 0.6) is 0 Å². The Kier molecular flexibility index (Phi) is 44.7. The van der Waals surface area contributed by atoms with Gasteiger partial charge in [-0.05, 0) is 57.8 Å². The first-order valence-corrected chi connectivity index (χ1v) is 24.6. The highest BCUT2D eigenvalue weighted by Crippen LogP contribution is 2.15. The van der Waals surface area contributed by atoms with E-state index in [0.717, 1.165) is 83.5 Å². The molecule has 330 valence electrons. The van der Waals surface area contributed by atoms with Crippen LogP contribution in [-0.4, -0.2) is 47.4 Å². The van der Waals surface area contributed by atoms with E-state index in [1.807, 2.05) is 6.08 Å². The monoisotopic (exact) mass is 790 g/mol. The Bertz CT molecular complexity index is 874. The van der Waals surface area contributed by atoms with E-state index in [-0.39, 0.29) is 18.5 Å². The fourth-order valence-electron chi connectivity index (χ4n) is 7.39. The Labute approximate surface area is 348 Å². The number of amides is 1. The lowest BCUT2D eigenvalue weighted by molar-refractivity contribution is -0.143. The van der Waals surface area contributed by atoms with Crippen molar-refractivity contribution in [2.75, 3.05) is 13.2 Å². The van der Waals surface area contributed by atoms with Gasteiger partial charge in [-0.2, -0.15) is 0 Å². The van der Waals surface area contributed by atoms with Crippen molar-refractivity contribution in [3.63, 3.8) is 0 Å². The highest BCUT2D eigenvalue weighted by atomic mass is 16.5. The van der Waals surface area contributed by atoms with E-state index < -0.39 is 12.1 Å². The van der Waals surface area contributed by atoms with Crippen LogP contribution in [0.25, 0.3) is 0 Å². The third-order valence-electron chi connectivity index (χ3n) is 11.2. The molecule has 0 fully saturated rings. The summed E-state index contributed by atoms with van der Waals surface area (Å²) in [4.78, 5) is 24.4. The van der Waals surface area contributed by atoms with E-state index in [4.69, 9.17) is 4.74 Å². The molecule has 0 rings (SSSR count). The third kappa shape index (κ3) is 42.0. The van der Waals surface area contributed by atoms with Crippen LogP contribution in [-0.2, 0) is 14.3 Å². The molecule has 0 saturated carbocycles. The van der Waals surface area contributed by atoms with Gasteiger partial charge in [0.15, 0.2) is 0 Å². The van der Waals surface area contributed by atoms with Gasteiger partial charge in [0.05, 0.1) is 25.4 Å². The number of aliphatic hydroxyl groups excluding tert-OH is 2. The van der Waals surface area contributed by atoms with Crippen molar-refractivity contribution in [2.45, 2.75) is 270 Å². The van der Waals surface area contributed by atoms with Crippen molar-refractivity contribution < 1.29 is 24.5 Å². The van der Waals surface area contributed by atoms with Crippen LogP contribution in [0.3, 0.4) is 0 Å². The number of aliphatic hydroxyl groups is 2. The molecule has 0 aromatic carbocycles. The van der Waals surface area contributed by atoms with Crippen molar-refractivity contribution in [1.29, 1.82) is 0 Å². The first-order chi connectivity index (χ1) is 27.5. The number of unbranched alkanes of at least 4 members (excludes halogenated alkanes) is 32. The van der Waals surface area contributed by atoms with Gasteiger partial charge in [-0.3, -0.25) is 9.59 Å². The average molecular weight is 790 g/mol. The van der Waals surface area contributed by atoms with Crippen LogP contribution in [0.1, 0.15) is 258 Å². The number of hydrogen-bond acceptors (Lipinski definition) is 5. The maximum Gasteiger partial charge on any atom is 0.305 e. The molecule has 0 heterocycles. The zero-order chi connectivity index (χ0) is 40.8. The van der Waals surface area contributed by atoms with Gasteiger partial charge < -0.3 is 20.3 Å². The van der Waals surface area contributed by atoms with Crippen LogP contribution >= 0.6 is 0 Å². The smallest absolute Gasteiger partial charge is 0.305 e. The highest BCUT2D eigenvalue weighted by molar-refractivity contribution is 5.76. The molecular formula is C50H95NO5. The van der Waals surface area contributed by atoms with Crippen LogP contribution in [0.2, 0.25) is 0 Å². The fraction of sp³-hybridized carbons (Fsp3) is 0.880. The number of esters is 1. The Morgan fingerprint density at radius 1 is 0.482 bits per heavy atom. The zero-order valence-corrected chi connectivity index (χ0v) is 37.4. The minimum atomic E-state index is -0.860. The van der Waals surface area contributed by atoms with Crippen molar-refractivity contribution >= 4 is 11.9 Å². The summed E-state index contributed by atoms with van der Waals surface area (Å²) in [6.45, 7) is 4.81. The summed E-state index contributed by atoms with van der Waals surface area (Å²) in [6.07, 6.45) is 53.2. The van der Waals surface area contributed by atoms with Crippen LogP contribution in [0.4, 0.5) is 0 Å². The molecule has 2 atom stereocenters. The molecule has 0 aromatic heterocycles. The maximum absolute atomic E-state index is 12.4. The summed E-state index contributed by atoms with van der Waals surface area (Å²) >= 11 is 0. The van der Waals surface area contributed by atoms with Gasteiger partial charge in [0.25, 0.3) is 0 Å². The van der Waals surface area contributed by atoms with Gasteiger partial charge in [0.1, 0.15) is 0 Å². The molecule has 0 aliphatic heterocycles. The van der Waals surface area contributed by atoms with Gasteiger partial charge in [0.2, 0.25) is 5.91 Å². The van der Waals surface area contributed by atoms with Crippen molar-refractivity contribution in [1.82, 2.24) is 5.32 Å².